The van der Waals surface area contributed by atoms with Gasteiger partial charge in [0, 0.05) is 18.8 Å². The van der Waals surface area contributed by atoms with Gasteiger partial charge in [0.25, 0.3) is 0 Å². The number of hydrogen-bond acceptors (Lipinski definition) is 3. The van der Waals surface area contributed by atoms with Gasteiger partial charge in [0.2, 0.25) is 5.88 Å². The van der Waals surface area contributed by atoms with Crippen LogP contribution in [0.25, 0.3) is 0 Å². The van der Waals surface area contributed by atoms with Gasteiger partial charge in [-0.1, -0.05) is 6.07 Å². The van der Waals surface area contributed by atoms with Gasteiger partial charge >= 0.3 is 0 Å². The van der Waals surface area contributed by atoms with E-state index in [1.807, 2.05) is 26.1 Å². The number of nitrogens with zero attached hydrogens (tertiary/aromatic N) is 1. The van der Waals surface area contributed by atoms with Gasteiger partial charge in [-0.2, -0.15) is 0 Å². The maximum absolute atomic E-state index is 5.51. The van der Waals surface area contributed by atoms with Crippen LogP contribution < -0.4 is 10.1 Å². The molecule has 1 aromatic rings. The molecular weight excluding hydrogens is 224 g/mol. The van der Waals surface area contributed by atoms with Gasteiger partial charge in [-0.15, -0.1) is 12.4 Å². The van der Waals surface area contributed by atoms with Crippen LogP contribution in [0.4, 0.5) is 0 Å². The smallest absolute Gasteiger partial charge is 0.213 e. The Balaban J connectivity index is 0.00000128. The zero-order valence-electron chi connectivity index (χ0n) is 9.77. The fourth-order valence-corrected chi connectivity index (χ4v) is 1.88. The highest BCUT2D eigenvalue weighted by Crippen LogP contribution is 2.22. The van der Waals surface area contributed by atoms with E-state index in [1.165, 1.54) is 12.0 Å². The molecular formula is C12H19ClN2O. The predicted molar refractivity (Wildman–Crippen MR) is 67.5 cm³/mol. The summed E-state index contributed by atoms with van der Waals surface area (Å²) in [6.07, 6.45) is 3.35. The molecule has 1 unspecified atom stereocenters. The lowest BCUT2D eigenvalue weighted by Crippen LogP contribution is -2.09. The van der Waals surface area contributed by atoms with E-state index in [-0.39, 0.29) is 18.5 Å². The van der Waals surface area contributed by atoms with Crippen LogP contribution in [-0.4, -0.2) is 24.2 Å². The third-order valence-corrected chi connectivity index (χ3v) is 2.65. The summed E-state index contributed by atoms with van der Waals surface area (Å²) in [7, 11) is 0. The summed E-state index contributed by atoms with van der Waals surface area (Å²) in [6.45, 7) is 6.22. The standard InChI is InChI=1S/C12H18N2O.ClH/c1-9(2)15-12-4-3-10(8-14-12)11-5-6-13-7-11;/h3-4,8-9,11,13H,5-7H2,1-2H3;1H. The molecule has 1 saturated heterocycles. The summed E-state index contributed by atoms with van der Waals surface area (Å²) in [6, 6.07) is 4.09. The molecule has 2 rings (SSSR count). The average molecular weight is 243 g/mol. The van der Waals surface area contributed by atoms with Crippen LogP contribution in [0.3, 0.4) is 0 Å². The number of halogens is 1. The summed E-state index contributed by atoms with van der Waals surface area (Å²) in [5.41, 5.74) is 1.32. The number of hydrogen-bond donors (Lipinski definition) is 1. The lowest BCUT2D eigenvalue weighted by Gasteiger charge is -2.11. The number of rotatable bonds is 3. The van der Waals surface area contributed by atoms with Gasteiger partial charge < -0.3 is 10.1 Å². The Hall–Kier alpha value is -0.800. The number of pyridine rings is 1. The van der Waals surface area contributed by atoms with Gasteiger partial charge in [0.15, 0.2) is 0 Å². The van der Waals surface area contributed by atoms with Crippen molar-refractivity contribution in [3.05, 3.63) is 23.9 Å². The summed E-state index contributed by atoms with van der Waals surface area (Å²) < 4.78 is 5.51. The average Bonchev–Trinajstić information content (AvgIpc) is 2.71. The normalized spacial score (nSPS) is 19.6. The van der Waals surface area contributed by atoms with E-state index in [1.54, 1.807) is 0 Å². The lowest BCUT2D eigenvalue weighted by atomic mass is 10.0. The molecule has 90 valence electrons. The summed E-state index contributed by atoms with van der Waals surface area (Å²) in [5.74, 6) is 1.35. The molecule has 16 heavy (non-hydrogen) atoms. The summed E-state index contributed by atoms with van der Waals surface area (Å²) in [5, 5.41) is 3.36. The van der Waals surface area contributed by atoms with Gasteiger partial charge in [0.05, 0.1) is 6.10 Å². The van der Waals surface area contributed by atoms with Gasteiger partial charge in [0.1, 0.15) is 0 Å². The van der Waals surface area contributed by atoms with Crippen LogP contribution in [0, 0.1) is 0 Å². The molecule has 0 amide bonds. The van der Waals surface area contributed by atoms with Crippen LogP contribution in [0.1, 0.15) is 31.7 Å². The SMILES string of the molecule is CC(C)Oc1ccc(C2CCNC2)cn1.Cl. The van der Waals surface area contributed by atoms with Crippen LogP contribution in [-0.2, 0) is 0 Å². The molecule has 0 saturated carbocycles. The van der Waals surface area contributed by atoms with Crippen molar-refractivity contribution in [3.8, 4) is 5.88 Å². The fraction of sp³-hybridized carbons (Fsp3) is 0.583. The molecule has 0 bridgehead atoms. The van der Waals surface area contributed by atoms with Crippen LogP contribution in [0.15, 0.2) is 18.3 Å². The monoisotopic (exact) mass is 242 g/mol. The Morgan fingerprint density at radius 2 is 2.25 bits per heavy atom. The molecule has 1 aromatic heterocycles. The van der Waals surface area contributed by atoms with E-state index in [0.717, 1.165) is 19.0 Å². The molecule has 3 nitrogen and oxygen atoms in total. The van der Waals surface area contributed by atoms with E-state index in [0.29, 0.717) is 5.92 Å². The highest BCUT2D eigenvalue weighted by atomic mass is 35.5. The topological polar surface area (TPSA) is 34.1 Å². The Labute approximate surface area is 103 Å². The van der Waals surface area contributed by atoms with Crippen molar-refractivity contribution in [3.63, 3.8) is 0 Å². The fourth-order valence-electron chi connectivity index (χ4n) is 1.88. The van der Waals surface area contributed by atoms with Crippen molar-refractivity contribution in [2.75, 3.05) is 13.1 Å². The maximum Gasteiger partial charge on any atom is 0.213 e. The quantitative estimate of drug-likeness (QED) is 0.884. The van der Waals surface area contributed by atoms with Crippen molar-refractivity contribution in [2.24, 2.45) is 0 Å². The van der Waals surface area contributed by atoms with Gasteiger partial charge in [-0.05, 0) is 38.3 Å². The zero-order chi connectivity index (χ0) is 10.7. The van der Waals surface area contributed by atoms with Crippen molar-refractivity contribution >= 4 is 12.4 Å². The third kappa shape index (κ3) is 3.35. The van der Waals surface area contributed by atoms with E-state index in [2.05, 4.69) is 16.4 Å². The number of ether oxygens (including phenoxy) is 1. The minimum Gasteiger partial charge on any atom is -0.475 e. The molecule has 0 aromatic carbocycles. The summed E-state index contributed by atoms with van der Waals surface area (Å²) >= 11 is 0. The molecule has 1 atom stereocenters. The first-order valence-corrected chi connectivity index (χ1v) is 5.59. The zero-order valence-corrected chi connectivity index (χ0v) is 10.6. The molecule has 1 aliphatic rings. The number of aromatic nitrogens is 1. The van der Waals surface area contributed by atoms with E-state index in [9.17, 15) is 0 Å². The van der Waals surface area contributed by atoms with Crippen molar-refractivity contribution in [2.45, 2.75) is 32.3 Å². The lowest BCUT2D eigenvalue weighted by molar-refractivity contribution is 0.232. The van der Waals surface area contributed by atoms with Crippen LogP contribution >= 0.6 is 12.4 Å². The highest BCUT2D eigenvalue weighted by molar-refractivity contribution is 5.85. The highest BCUT2D eigenvalue weighted by Gasteiger charge is 2.16. The molecule has 1 aliphatic heterocycles. The largest absolute Gasteiger partial charge is 0.475 e. The minimum atomic E-state index is 0. The molecule has 0 aliphatic carbocycles. The second kappa shape index (κ2) is 6.06. The Kier molecular flexibility index (Phi) is 5.03. The number of nitrogens with one attached hydrogen (secondary N) is 1. The molecule has 0 radical (unpaired) electrons. The van der Waals surface area contributed by atoms with E-state index < -0.39 is 0 Å². The molecule has 1 N–H and O–H groups in total. The predicted octanol–water partition coefficient (Wildman–Crippen LogP) is 2.37. The molecule has 0 spiro atoms. The van der Waals surface area contributed by atoms with Gasteiger partial charge in [-0.25, -0.2) is 4.98 Å². The van der Waals surface area contributed by atoms with Crippen LogP contribution in [0.2, 0.25) is 0 Å². The first-order valence-electron chi connectivity index (χ1n) is 5.59. The minimum absolute atomic E-state index is 0. The molecule has 2 heterocycles. The second-order valence-electron chi connectivity index (χ2n) is 4.29. The van der Waals surface area contributed by atoms with Crippen molar-refractivity contribution in [1.82, 2.24) is 10.3 Å². The first kappa shape index (κ1) is 13.3. The summed E-state index contributed by atoms with van der Waals surface area (Å²) in [4.78, 5) is 4.31. The van der Waals surface area contributed by atoms with Crippen molar-refractivity contribution in [1.29, 1.82) is 0 Å². The third-order valence-electron chi connectivity index (χ3n) is 2.65. The second-order valence-corrected chi connectivity index (χ2v) is 4.29. The Morgan fingerprint density at radius 1 is 1.44 bits per heavy atom. The molecule has 4 heteroatoms. The maximum atomic E-state index is 5.51. The Bertz CT molecular complexity index is 307. The van der Waals surface area contributed by atoms with E-state index >= 15 is 0 Å². The Morgan fingerprint density at radius 3 is 2.75 bits per heavy atom. The van der Waals surface area contributed by atoms with E-state index in [4.69, 9.17) is 4.74 Å². The van der Waals surface area contributed by atoms with Crippen molar-refractivity contribution < 1.29 is 4.74 Å². The van der Waals surface area contributed by atoms with Crippen LogP contribution in [0.5, 0.6) is 5.88 Å². The van der Waals surface area contributed by atoms with Gasteiger partial charge in [-0.3, -0.25) is 0 Å². The molecule has 1 fully saturated rings. The first-order chi connectivity index (χ1) is 7.25.